The molecule has 0 spiro atoms. The van der Waals surface area contributed by atoms with Crippen LogP contribution in [0.4, 0.5) is 4.39 Å². The Morgan fingerprint density at radius 1 is 0.861 bits per heavy atom. The number of nitrogens with one attached hydrogen (secondary N) is 7. The van der Waals surface area contributed by atoms with E-state index in [4.69, 9.17) is 19.6 Å². The molecule has 2 aromatic heterocycles. The summed E-state index contributed by atoms with van der Waals surface area (Å²) in [6, 6.07) is 7.99. The highest BCUT2D eigenvalue weighted by Crippen LogP contribution is 2.46. The van der Waals surface area contributed by atoms with Crippen LogP contribution in [0, 0.1) is 12.7 Å². The molecule has 25 nitrogen and oxygen atoms in total. The first-order chi connectivity index (χ1) is 37.7. The third-order valence-corrected chi connectivity index (χ3v) is 14.2. The number of imide groups is 1. The highest BCUT2D eigenvalue weighted by atomic mass is 19.1. The first-order valence-electron chi connectivity index (χ1n) is 25.4. The maximum atomic E-state index is 15.5. The molecule has 0 unspecified atom stereocenters. The molecule has 5 heterocycles. The number of fused-ring (bicyclic) bond motifs is 5. The summed E-state index contributed by atoms with van der Waals surface area (Å²) >= 11 is 0. The number of carboxylic acid groups (broad SMARTS) is 1. The number of carboxylic acids is 1. The van der Waals surface area contributed by atoms with Crippen molar-refractivity contribution in [3.05, 3.63) is 110 Å². The predicted molar refractivity (Wildman–Crippen MR) is 273 cm³/mol. The van der Waals surface area contributed by atoms with Crippen LogP contribution in [0.2, 0.25) is 0 Å². The summed E-state index contributed by atoms with van der Waals surface area (Å²) in [5.74, 6) is -8.97. The summed E-state index contributed by atoms with van der Waals surface area (Å²) in [7, 11) is 0. The molecule has 0 saturated carbocycles. The van der Waals surface area contributed by atoms with Gasteiger partial charge >= 0.3 is 11.9 Å². The lowest BCUT2D eigenvalue weighted by atomic mass is 9.81. The largest absolute Gasteiger partial charge is 0.480 e. The van der Waals surface area contributed by atoms with E-state index in [1.54, 1.807) is 57.2 Å². The molecule has 79 heavy (non-hydrogen) atoms. The Balaban J connectivity index is 0.860. The monoisotopic (exact) mass is 1090 g/mol. The van der Waals surface area contributed by atoms with Crippen molar-refractivity contribution >= 4 is 70.1 Å². The van der Waals surface area contributed by atoms with Gasteiger partial charge in [-0.1, -0.05) is 44.2 Å². The zero-order chi connectivity index (χ0) is 56.9. The Hall–Kier alpha value is -8.75. The van der Waals surface area contributed by atoms with Gasteiger partial charge in [0.25, 0.3) is 17.4 Å². The number of carbonyl (C=O) groups is 10. The molecule has 8 rings (SSSR count). The topological polar surface area (TPSA) is 352 Å². The number of benzene rings is 2. The van der Waals surface area contributed by atoms with Gasteiger partial charge in [-0.05, 0) is 60.9 Å². The lowest BCUT2D eigenvalue weighted by molar-refractivity contribution is -0.172. The Morgan fingerprint density at radius 2 is 1.54 bits per heavy atom. The number of cyclic esters (lactones) is 1. The number of amides is 8. The van der Waals surface area contributed by atoms with Crippen molar-refractivity contribution in [3.8, 4) is 11.4 Å². The zero-order valence-corrected chi connectivity index (χ0v) is 43.1. The Labute approximate surface area is 449 Å². The van der Waals surface area contributed by atoms with Crippen LogP contribution in [0.5, 0.6) is 0 Å². The maximum absolute atomic E-state index is 15.5. The second kappa shape index (κ2) is 23.9. The van der Waals surface area contributed by atoms with Crippen LogP contribution in [0.25, 0.3) is 22.3 Å². The van der Waals surface area contributed by atoms with Crippen LogP contribution >= 0.6 is 0 Å². The van der Waals surface area contributed by atoms with Gasteiger partial charge in [0.2, 0.25) is 35.4 Å². The van der Waals surface area contributed by atoms with Crippen LogP contribution in [0.3, 0.4) is 0 Å². The lowest BCUT2D eigenvalue weighted by Crippen LogP contribution is -2.56. The smallest absolute Gasteiger partial charge is 0.343 e. The number of nitrogens with zero attached hydrogens (tertiary/aromatic N) is 3. The normalized spacial score (nSPS) is 17.9. The maximum Gasteiger partial charge on any atom is 0.343 e. The van der Waals surface area contributed by atoms with Gasteiger partial charge < -0.3 is 61.5 Å². The Kier molecular flexibility index (Phi) is 17.1. The van der Waals surface area contributed by atoms with Crippen molar-refractivity contribution in [2.75, 3.05) is 39.5 Å². The number of aliphatic hydroxyl groups is 1. The predicted octanol–water partition coefficient (Wildman–Crippen LogP) is -1.46. The molecule has 4 aliphatic rings. The summed E-state index contributed by atoms with van der Waals surface area (Å²) < 4.78 is 28.0. The second-order valence-electron chi connectivity index (χ2n) is 19.2. The standard InChI is InChI=1S/C53H57FN10O15/c1-4-38(50(74)62-33-12-11-28-26(3)32(54)17-34-45(28)46(33)29-23-63-36(47(29)61-34)16-31-30(51(63)75)24-78-52(76)53(31,77)5-2)79-25-59-40(66)20-57-48(72)35(15-27-9-7-6-8-10-27)60-41(67)21-56-39(65)19-58-49(73)37(18-55-22-44(70)71)64-42(68)13-14-43(64)69/h6-10,13-14,16-17,33,35,37-38,55,77H,4-5,11-12,15,18-25H2,1-3H3,(H,56,65)(H,57,72)(H,58,73)(H,59,66)(H,60,67)(H,62,74)(H,70,71)/t33-,35-,37+,38-,53-/m0/s1. The van der Waals surface area contributed by atoms with Crippen LogP contribution < -0.4 is 42.8 Å². The number of ether oxygens (including phenoxy) is 2. The molecule has 2 aromatic carbocycles. The second-order valence-corrected chi connectivity index (χ2v) is 19.2. The SMILES string of the molecule is CC[C@H](OCNC(=O)CNC(=O)[C@H](Cc1ccccc1)NC(=O)CNC(=O)CNC(=O)[C@@H](CNCC(=O)O)N1C(=O)C=CC1=O)C(=O)N[C@H]1CCc2c(C)c(F)cc3nc4c(c1c23)Cn1c-4cc2c(c1=O)COC(=O)[C@]2(O)CC. The van der Waals surface area contributed by atoms with Crippen molar-refractivity contribution in [2.24, 2.45) is 0 Å². The van der Waals surface area contributed by atoms with Gasteiger partial charge in [-0.15, -0.1) is 0 Å². The van der Waals surface area contributed by atoms with Crippen molar-refractivity contribution in [1.29, 1.82) is 0 Å². The molecule has 5 atom stereocenters. The molecule has 4 aromatic rings. The fourth-order valence-corrected chi connectivity index (χ4v) is 10.1. The average molecular weight is 1090 g/mol. The number of pyridine rings is 2. The fraction of sp³-hybridized carbons (Fsp3) is 0.396. The minimum Gasteiger partial charge on any atom is -0.480 e. The van der Waals surface area contributed by atoms with E-state index in [9.17, 15) is 57.8 Å². The van der Waals surface area contributed by atoms with Gasteiger partial charge in [0.15, 0.2) is 5.60 Å². The van der Waals surface area contributed by atoms with Gasteiger partial charge in [0.05, 0.1) is 61.2 Å². The number of esters is 1. The van der Waals surface area contributed by atoms with E-state index in [0.29, 0.717) is 67.8 Å². The molecule has 0 fully saturated rings. The van der Waals surface area contributed by atoms with E-state index in [1.165, 1.54) is 10.6 Å². The third-order valence-electron chi connectivity index (χ3n) is 14.2. The van der Waals surface area contributed by atoms with Crippen LogP contribution in [-0.4, -0.2) is 142 Å². The number of aliphatic carboxylic acids is 1. The van der Waals surface area contributed by atoms with Gasteiger partial charge in [0.1, 0.15) is 37.3 Å². The lowest BCUT2D eigenvalue weighted by Gasteiger charge is -2.31. The van der Waals surface area contributed by atoms with Crippen LogP contribution in [0.15, 0.2) is 59.4 Å². The van der Waals surface area contributed by atoms with Crippen molar-refractivity contribution < 1.29 is 72.0 Å². The Morgan fingerprint density at radius 3 is 2.23 bits per heavy atom. The van der Waals surface area contributed by atoms with E-state index in [0.717, 1.165) is 12.2 Å². The summed E-state index contributed by atoms with van der Waals surface area (Å²) in [6.07, 6.45) is 1.55. The molecule has 0 bridgehead atoms. The third kappa shape index (κ3) is 11.9. The van der Waals surface area contributed by atoms with Crippen molar-refractivity contribution in [3.63, 3.8) is 0 Å². The van der Waals surface area contributed by atoms with E-state index >= 15 is 4.39 Å². The minimum absolute atomic E-state index is 0.0301. The fourth-order valence-electron chi connectivity index (χ4n) is 10.1. The molecule has 1 aliphatic carbocycles. The quantitative estimate of drug-likeness (QED) is 0.0205. The molecule has 3 aliphatic heterocycles. The molecule has 9 N–H and O–H groups in total. The van der Waals surface area contributed by atoms with Crippen LogP contribution in [0.1, 0.15) is 78.1 Å². The summed E-state index contributed by atoms with van der Waals surface area (Å²) in [6.45, 7) is 1.19. The van der Waals surface area contributed by atoms with E-state index in [1.807, 2.05) is 0 Å². The summed E-state index contributed by atoms with van der Waals surface area (Å²) in [5, 5.41) is 38.5. The van der Waals surface area contributed by atoms with Gasteiger partial charge in [0, 0.05) is 47.7 Å². The highest BCUT2D eigenvalue weighted by molar-refractivity contribution is 6.15. The van der Waals surface area contributed by atoms with Gasteiger partial charge in [-0.25, -0.2) is 14.2 Å². The van der Waals surface area contributed by atoms with E-state index in [2.05, 4.69) is 37.2 Å². The van der Waals surface area contributed by atoms with Gasteiger partial charge in [-0.2, -0.15) is 0 Å². The zero-order valence-electron chi connectivity index (χ0n) is 43.1. The van der Waals surface area contributed by atoms with Gasteiger partial charge in [-0.3, -0.25) is 52.8 Å². The number of aromatic nitrogens is 2. The number of halogens is 1. The van der Waals surface area contributed by atoms with Crippen molar-refractivity contribution in [2.45, 2.75) is 95.9 Å². The average Bonchev–Trinajstić information content (AvgIpc) is 4.24. The number of carbonyl (C=O) groups excluding carboxylic acids is 9. The van der Waals surface area contributed by atoms with E-state index < -0.39 is 140 Å². The summed E-state index contributed by atoms with van der Waals surface area (Å²) in [4.78, 5) is 147. The first kappa shape index (κ1) is 56.5. The molecule has 0 radical (unpaired) electrons. The molecule has 8 amide bonds. The Bertz CT molecular complexity index is 3280. The molecular formula is C53H57FN10O15. The number of hydrogen-bond acceptors (Lipinski definition) is 16. The van der Waals surface area contributed by atoms with E-state index in [-0.39, 0.29) is 43.5 Å². The number of aryl methyl sites for hydroxylation is 1. The number of rotatable bonds is 23. The number of hydrogen-bond donors (Lipinski definition) is 9. The molecule has 0 saturated heterocycles. The molecular weight excluding hydrogens is 1040 g/mol. The first-order valence-corrected chi connectivity index (χ1v) is 25.4. The molecule has 26 heteroatoms. The highest BCUT2D eigenvalue weighted by Gasteiger charge is 2.46. The summed E-state index contributed by atoms with van der Waals surface area (Å²) in [5.41, 5.74) is 1.62. The molecule has 416 valence electrons. The van der Waals surface area contributed by atoms with Crippen LogP contribution in [-0.2, 0) is 89.0 Å². The minimum atomic E-state index is -2.07. The van der Waals surface area contributed by atoms with Crippen molar-refractivity contribution in [1.82, 2.24) is 51.7 Å².